The van der Waals surface area contributed by atoms with Gasteiger partial charge in [-0.1, -0.05) is 31.2 Å². The number of hydrogen-bond donors (Lipinski definition) is 1. The molecule has 2 nitrogen and oxygen atoms in total. The minimum atomic E-state index is -0.253. The molecule has 20 heavy (non-hydrogen) atoms. The third-order valence-corrected chi connectivity index (χ3v) is 3.41. The van der Waals surface area contributed by atoms with Crippen LogP contribution in [-0.2, 0) is 0 Å². The highest BCUT2D eigenvalue weighted by molar-refractivity contribution is 5.44. The second kappa shape index (κ2) is 6.53. The average Bonchev–Trinajstić information content (AvgIpc) is 2.46. The largest absolute Gasteiger partial charge is 0.496 e. The van der Waals surface area contributed by atoms with Crippen LogP contribution in [0, 0.1) is 12.7 Å². The fraction of sp³-hybridized carbons (Fsp3) is 0.294. The van der Waals surface area contributed by atoms with Gasteiger partial charge in [0.05, 0.1) is 13.2 Å². The number of aryl methyl sites for hydroxylation is 1. The van der Waals surface area contributed by atoms with E-state index in [0.717, 1.165) is 17.7 Å². The monoisotopic (exact) mass is 273 g/mol. The molecule has 0 aromatic heterocycles. The number of benzene rings is 2. The molecule has 1 atom stereocenters. The van der Waals surface area contributed by atoms with Gasteiger partial charge in [0.25, 0.3) is 0 Å². The topological polar surface area (TPSA) is 21.3 Å². The van der Waals surface area contributed by atoms with Gasteiger partial charge in [0.1, 0.15) is 11.6 Å². The number of halogens is 1. The first kappa shape index (κ1) is 14.5. The van der Waals surface area contributed by atoms with E-state index in [0.29, 0.717) is 5.75 Å². The van der Waals surface area contributed by atoms with Crippen LogP contribution in [0.4, 0.5) is 4.39 Å². The third-order valence-electron chi connectivity index (χ3n) is 3.41. The smallest absolute Gasteiger partial charge is 0.124 e. The summed E-state index contributed by atoms with van der Waals surface area (Å²) < 4.78 is 19.0. The van der Waals surface area contributed by atoms with Crippen LogP contribution in [0.5, 0.6) is 5.75 Å². The van der Waals surface area contributed by atoms with Crippen LogP contribution < -0.4 is 10.1 Å². The summed E-state index contributed by atoms with van der Waals surface area (Å²) in [5.41, 5.74) is 3.13. The zero-order valence-electron chi connectivity index (χ0n) is 12.1. The third kappa shape index (κ3) is 2.99. The molecule has 0 saturated carbocycles. The highest BCUT2D eigenvalue weighted by Crippen LogP contribution is 2.32. The molecule has 0 saturated heterocycles. The molecule has 2 rings (SSSR count). The Morgan fingerprint density at radius 2 is 1.90 bits per heavy atom. The molecule has 1 unspecified atom stereocenters. The minimum absolute atomic E-state index is 0.0770. The quantitative estimate of drug-likeness (QED) is 0.893. The van der Waals surface area contributed by atoms with E-state index in [9.17, 15) is 4.39 Å². The van der Waals surface area contributed by atoms with Gasteiger partial charge in [-0.2, -0.15) is 0 Å². The molecule has 106 valence electrons. The second-order valence-corrected chi connectivity index (χ2v) is 4.73. The van der Waals surface area contributed by atoms with Crippen molar-refractivity contribution < 1.29 is 9.13 Å². The molecule has 0 aliphatic rings. The number of rotatable bonds is 5. The van der Waals surface area contributed by atoms with Gasteiger partial charge in [-0.15, -0.1) is 0 Å². The van der Waals surface area contributed by atoms with Crippen molar-refractivity contribution in [2.45, 2.75) is 19.9 Å². The molecule has 0 heterocycles. The molecular formula is C17H20FNO. The molecule has 0 fully saturated rings. The van der Waals surface area contributed by atoms with E-state index < -0.39 is 0 Å². The van der Waals surface area contributed by atoms with Crippen molar-refractivity contribution in [3.63, 3.8) is 0 Å². The first-order valence-corrected chi connectivity index (χ1v) is 6.79. The summed E-state index contributed by atoms with van der Waals surface area (Å²) in [6, 6.07) is 12.7. The Morgan fingerprint density at radius 3 is 2.55 bits per heavy atom. The first-order chi connectivity index (χ1) is 9.67. The van der Waals surface area contributed by atoms with E-state index in [2.05, 4.69) is 24.4 Å². The molecule has 0 aliphatic carbocycles. The van der Waals surface area contributed by atoms with Crippen molar-refractivity contribution >= 4 is 0 Å². The van der Waals surface area contributed by atoms with E-state index in [1.165, 1.54) is 11.6 Å². The fourth-order valence-electron chi connectivity index (χ4n) is 2.43. The summed E-state index contributed by atoms with van der Waals surface area (Å²) >= 11 is 0. The van der Waals surface area contributed by atoms with Crippen molar-refractivity contribution in [1.82, 2.24) is 5.32 Å². The van der Waals surface area contributed by atoms with E-state index in [4.69, 9.17) is 4.74 Å². The van der Waals surface area contributed by atoms with Gasteiger partial charge in [-0.25, -0.2) is 4.39 Å². The molecule has 2 aromatic rings. The van der Waals surface area contributed by atoms with Gasteiger partial charge in [-0.05, 0) is 42.8 Å². The highest BCUT2D eigenvalue weighted by Gasteiger charge is 2.19. The van der Waals surface area contributed by atoms with Gasteiger partial charge in [-0.3, -0.25) is 0 Å². The fourth-order valence-corrected chi connectivity index (χ4v) is 2.43. The first-order valence-electron chi connectivity index (χ1n) is 6.79. The molecule has 0 aliphatic heterocycles. The van der Waals surface area contributed by atoms with E-state index >= 15 is 0 Å². The lowest BCUT2D eigenvalue weighted by atomic mass is 9.94. The molecule has 0 amide bonds. The van der Waals surface area contributed by atoms with Gasteiger partial charge >= 0.3 is 0 Å². The molecule has 0 spiro atoms. The Hall–Kier alpha value is -1.87. The van der Waals surface area contributed by atoms with Crippen molar-refractivity contribution in [2.24, 2.45) is 0 Å². The normalized spacial score (nSPS) is 12.2. The summed E-state index contributed by atoms with van der Waals surface area (Å²) in [7, 11) is 1.61. The SMILES string of the molecule is CCNC(c1ccccc1C)c1cc(F)ccc1OC. The molecule has 2 aromatic carbocycles. The highest BCUT2D eigenvalue weighted by atomic mass is 19.1. The molecule has 3 heteroatoms. The molecule has 0 bridgehead atoms. The average molecular weight is 273 g/mol. The maximum absolute atomic E-state index is 13.6. The summed E-state index contributed by atoms with van der Waals surface area (Å²) in [4.78, 5) is 0. The van der Waals surface area contributed by atoms with Crippen LogP contribution in [0.3, 0.4) is 0 Å². The van der Waals surface area contributed by atoms with Crippen molar-refractivity contribution in [3.8, 4) is 5.75 Å². The molecular weight excluding hydrogens is 253 g/mol. The predicted molar refractivity (Wildman–Crippen MR) is 79.7 cm³/mol. The van der Waals surface area contributed by atoms with Crippen LogP contribution in [0.2, 0.25) is 0 Å². The lowest BCUT2D eigenvalue weighted by Crippen LogP contribution is -2.23. The minimum Gasteiger partial charge on any atom is -0.496 e. The zero-order valence-corrected chi connectivity index (χ0v) is 12.1. The maximum Gasteiger partial charge on any atom is 0.124 e. The van der Waals surface area contributed by atoms with E-state index in [1.807, 2.05) is 19.1 Å². The summed E-state index contributed by atoms with van der Waals surface area (Å²) in [6.45, 7) is 4.89. The van der Waals surface area contributed by atoms with E-state index in [-0.39, 0.29) is 11.9 Å². The Balaban J connectivity index is 2.54. The number of hydrogen-bond acceptors (Lipinski definition) is 2. The Labute approximate surface area is 119 Å². The lowest BCUT2D eigenvalue weighted by Gasteiger charge is -2.23. The van der Waals surface area contributed by atoms with Gasteiger partial charge in [0.2, 0.25) is 0 Å². The predicted octanol–water partition coefficient (Wildman–Crippen LogP) is 3.84. The van der Waals surface area contributed by atoms with Gasteiger partial charge in [0.15, 0.2) is 0 Å². The van der Waals surface area contributed by atoms with Crippen molar-refractivity contribution in [3.05, 3.63) is 65.0 Å². The van der Waals surface area contributed by atoms with Gasteiger partial charge < -0.3 is 10.1 Å². The van der Waals surface area contributed by atoms with Crippen LogP contribution in [0.25, 0.3) is 0 Å². The second-order valence-electron chi connectivity index (χ2n) is 4.73. The zero-order chi connectivity index (χ0) is 14.5. The Bertz CT molecular complexity index is 583. The van der Waals surface area contributed by atoms with Crippen LogP contribution >= 0.6 is 0 Å². The Morgan fingerprint density at radius 1 is 1.15 bits per heavy atom. The molecule has 1 N–H and O–H groups in total. The summed E-state index contributed by atoms with van der Waals surface area (Å²) in [5, 5.41) is 3.41. The van der Waals surface area contributed by atoms with Crippen LogP contribution in [0.1, 0.15) is 29.7 Å². The number of methoxy groups -OCH3 is 1. The van der Waals surface area contributed by atoms with Gasteiger partial charge in [0, 0.05) is 5.56 Å². The summed E-state index contributed by atoms with van der Waals surface area (Å²) in [5.74, 6) is 0.442. The summed E-state index contributed by atoms with van der Waals surface area (Å²) in [6.07, 6.45) is 0. The maximum atomic E-state index is 13.6. The lowest BCUT2D eigenvalue weighted by molar-refractivity contribution is 0.402. The Kier molecular flexibility index (Phi) is 4.74. The van der Waals surface area contributed by atoms with Crippen molar-refractivity contribution in [1.29, 1.82) is 0 Å². The van der Waals surface area contributed by atoms with Crippen LogP contribution in [0.15, 0.2) is 42.5 Å². The standard InChI is InChI=1S/C17H20FNO/c1-4-19-17(14-8-6-5-7-12(14)2)15-11-13(18)9-10-16(15)20-3/h5-11,17,19H,4H2,1-3H3. The number of nitrogens with one attached hydrogen (secondary N) is 1. The molecule has 0 radical (unpaired) electrons. The van der Waals surface area contributed by atoms with E-state index in [1.54, 1.807) is 19.2 Å². The number of ether oxygens (including phenoxy) is 1. The van der Waals surface area contributed by atoms with Crippen molar-refractivity contribution in [2.75, 3.05) is 13.7 Å². The van der Waals surface area contributed by atoms with Crippen LogP contribution in [-0.4, -0.2) is 13.7 Å².